The lowest BCUT2D eigenvalue weighted by Gasteiger charge is -2.22. The third-order valence-corrected chi connectivity index (χ3v) is 8.99. The number of benzene rings is 4. The van der Waals surface area contributed by atoms with Crippen molar-refractivity contribution in [3.05, 3.63) is 89.5 Å². The number of carboxylic acids is 3. The van der Waals surface area contributed by atoms with Crippen LogP contribution in [0.2, 0.25) is 0 Å². The molecular formula is C27H18O18S3. The number of rotatable bonds is 12. The van der Waals surface area contributed by atoms with Crippen LogP contribution in [0.1, 0.15) is 31.1 Å². The van der Waals surface area contributed by atoms with E-state index in [1.54, 1.807) is 0 Å². The highest BCUT2D eigenvalue weighted by atomic mass is 32.2. The van der Waals surface area contributed by atoms with Gasteiger partial charge < -0.3 is 29.5 Å². The SMILES string of the molecule is O=C(O)c1c(Oc2ccccc2)c(Oc2ccccc2)c(C(=O)O)c(C(=O)O)c1Oc1ccc(S(=O)(=O)O)c(S(=O)(=O)O)c1S(=O)(=O)O. The van der Waals surface area contributed by atoms with Crippen LogP contribution in [0.15, 0.2) is 87.5 Å². The number of hydrogen-bond donors (Lipinski definition) is 6. The van der Waals surface area contributed by atoms with E-state index in [-0.39, 0.29) is 23.6 Å². The van der Waals surface area contributed by atoms with Crippen LogP contribution in [-0.2, 0) is 30.4 Å². The average Bonchev–Trinajstić information content (AvgIpc) is 2.96. The lowest BCUT2D eigenvalue weighted by molar-refractivity contribution is 0.0641. The molecule has 0 aliphatic heterocycles. The third kappa shape index (κ3) is 7.20. The Morgan fingerprint density at radius 2 is 0.854 bits per heavy atom. The molecule has 252 valence electrons. The maximum absolute atomic E-state index is 12.8. The molecule has 0 bridgehead atoms. The normalized spacial score (nSPS) is 11.8. The molecule has 48 heavy (non-hydrogen) atoms. The molecule has 0 heterocycles. The first-order valence-electron chi connectivity index (χ1n) is 12.4. The summed E-state index contributed by atoms with van der Waals surface area (Å²) in [5.74, 6) is -12.0. The Kier molecular flexibility index (Phi) is 9.48. The van der Waals surface area contributed by atoms with Gasteiger partial charge in [0, 0.05) is 0 Å². The molecule has 0 spiro atoms. The van der Waals surface area contributed by atoms with Crippen molar-refractivity contribution >= 4 is 48.3 Å². The van der Waals surface area contributed by atoms with Crippen LogP contribution in [0.3, 0.4) is 0 Å². The second-order valence-corrected chi connectivity index (χ2v) is 13.2. The zero-order valence-electron chi connectivity index (χ0n) is 23.2. The summed E-state index contributed by atoms with van der Waals surface area (Å²) in [6.07, 6.45) is 0. The Morgan fingerprint density at radius 1 is 0.458 bits per heavy atom. The smallest absolute Gasteiger partial charge is 0.343 e. The summed E-state index contributed by atoms with van der Waals surface area (Å²) in [6, 6.07) is 14.1. The van der Waals surface area contributed by atoms with Crippen LogP contribution in [0.5, 0.6) is 34.5 Å². The van der Waals surface area contributed by atoms with Gasteiger partial charge in [-0.15, -0.1) is 0 Å². The maximum Gasteiger partial charge on any atom is 0.343 e. The maximum atomic E-state index is 12.8. The summed E-state index contributed by atoms with van der Waals surface area (Å²) in [7, 11) is -17.8. The fraction of sp³-hybridized carbons (Fsp3) is 0. The topological polar surface area (TPSA) is 303 Å². The van der Waals surface area contributed by atoms with E-state index in [0.29, 0.717) is 0 Å². The van der Waals surface area contributed by atoms with Gasteiger partial charge in [0.05, 0.1) is 0 Å². The summed E-state index contributed by atoms with van der Waals surface area (Å²) >= 11 is 0. The molecule has 6 N–H and O–H groups in total. The van der Waals surface area contributed by atoms with Gasteiger partial charge >= 0.3 is 17.9 Å². The highest BCUT2D eigenvalue weighted by Gasteiger charge is 2.41. The number of aromatic carboxylic acids is 3. The van der Waals surface area contributed by atoms with E-state index in [9.17, 15) is 68.6 Å². The highest BCUT2D eigenvalue weighted by Crippen LogP contribution is 2.50. The fourth-order valence-electron chi connectivity index (χ4n) is 4.20. The van der Waals surface area contributed by atoms with Gasteiger partial charge in [-0.2, -0.15) is 25.3 Å². The van der Waals surface area contributed by atoms with Crippen molar-refractivity contribution in [3.63, 3.8) is 0 Å². The first kappa shape index (κ1) is 35.3. The van der Waals surface area contributed by atoms with E-state index in [0.717, 1.165) is 0 Å². The van der Waals surface area contributed by atoms with Crippen molar-refractivity contribution < 1.29 is 82.8 Å². The predicted octanol–water partition coefficient (Wildman–Crippen LogP) is 3.90. The monoisotopic (exact) mass is 726 g/mol. The standard InChI is InChI=1S/C27H18O18S3/c28-25(29)17-18(26(30)31)21(43-13-7-3-1-4-8-13)22(44-14-9-5-2-6-10-14)19(27(32)33)20(17)45-15-11-12-16(46(34,35)36)24(48(40,41)42)23(15)47(37,38)39/h1-12H,(H,28,29)(H,30,31)(H,32,33)(H,34,35,36)(H,37,38,39)(H,40,41,42). The molecule has 18 nitrogen and oxygen atoms in total. The number of ether oxygens (including phenoxy) is 3. The van der Waals surface area contributed by atoms with E-state index in [4.69, 9.17) is 14.2 Å². The molecular weight excluding hydrogens is 708 g/mol. The molecule has 0 amide bonds. The molecule has 4 aromatic carbocycles. The minimum Gasteiger partial charge on any atom is -0.478 e. The molecule has 0 fully saturated rings. The molecule has 4 aromatic rings. The van der Waals surface area contributed by atoms with E-state index < -0.39 is 103 Å². The highest BCUT2D eigenvalue weighted by molar-refractivity contribution is 7.90. The lowest BCUT2D eigenvalue weighted by Crippen LogP contribution is -2.18. The molecule has 0 radical (unpaired) electrons. The van der Waals surface area contributed by atoms with Crippen LogP contribution >= 0.6 is 0 Å². The molecule has 0 atom stereocenters. The van der Waals surface area contributed by atoms with Gasteiger partial charge in [0.25, 0.3) is 30.4 Å². The zero-order chi connectivity index (χ0) is 35.8. The molecule has 4 rings (SSSR count). The Labute approximate surface area is 269 Å². The Hall–Kier alpha value is -5.58. The summed E-state index contributed by atoms with van der Waals surface area (Å²) < 4.78 is 119. The van der Waals surface area contributed by atoms with E-state index in [1.807, 2.05) is 0 Å². The second kappa shape index (κ2) is 12.9. The van der Waals surface area contributed by atoms with Crippen molar-refractivity contribution in [2.45, 2.75) is 14.7 Å². The summed E-state index contributed by atoms with van der Waals surface area (Å²) in [4.78, 5) is 32.0. The van der Waals surface area contributed by atoms with Crippen LogP contribution in [0, 0.1) is 0 Å². The molecule has 0 saturated heterocycles. The largest absolute Gasteiger partial charge is 0.478 e. The Balaban J connectivity index is 2.24. The molecule has 0 aromatic heterocycles. The van der Waals surface area contributed by atoms with Gasteiger partial charge in [0.15, 0.2) is 22.1 Å². The van der Waals surface area contributed by atoms with Gasteiger partial charge in [0.1, 0.15) is 43.7 Å². The lowest BCUT2D eigenvalue weighted by atomic mass is 9.98. The van der Waals surface area contributed by atoms with Gasteiger partial charge in [0.2, 0.25) is 0 Å². The summed E-state index contributed by atoms with van der Waals surface area (Å²) in [6.45, 7) is 0. The summed E-state index contributed by atoms with van der Waals surface area (Å²) in [5, 5.41) is 30.7. The second-order valence-electron chi connectivity index (χ2n) is 9.11. The number of carbonyl (C=O) groups is 3. The van der Waals surface area contributed by atoms with Crippen LogP contribution < -0.4 is 14.2 Å². The minimum atomic E-state index is -6.06. The summed E-state index contributed by atoms with van der Waals surface area (Å²) in [5.41, 5.74) is -4.28. The number of para-hydroxylation sites is 2. The quantitative estimate of drug-likeness (QED) is 0.113. The van der Waals surface area contributed by atoms with Crippen molar-refractivity contribution in [3.8, 4) is 34.5 Å². The van der Waals surface area contributed by atoms with Gasteiger partial charge in [-0.05, 0) is 36.4 Å². The Morgan fingerprint density at radius 3 is 1.23 bits per heavy atom. The van der Waals surface area contributed by atoms with Gasteiger partial charge in [-0.25, -0.2) is 14.4 Å². The molecule has 0 aliphatic rings. The van der Waals surface area contributed by atoms with Crippen molar-refractivity contribution in [1.82, 2.24) is 0 Å². The fourth-order valence-corrected chi connectivity index (χ4v) is 7.47. The van der Waals surface area contributed by atoms with E-state index >= 15 is 0 Å². The average molecular weight is 727 g/mol. The van der Waals surface area contributed by atoms with E-state index in [1.165, 1.54) is 60.7 Å². The van der Waals surface area contributed by atoms with Gasteiger partial charge in [-0.1, -0.05) is 36.4 Å². The minimum absolute atomic E-state index is 0.135. The van der Waals surface area contributed by atoms with Gasteiger partial charge in [-0.3, -0.25) is 13.7 Å². The zero-order valence-corrected chi connectivity index (χ0v) is 25.7. The first-order valence-corrected chi connectivity index (χ1v) is 16.7. The first-order chi connectivity index (χ1) is 22.2. The Bertz CT molecular complexity index is 2300. The van der Waals surface area contributed by atoms with Crippen LogP contribution in [0.4, 0.5) is 0 Å². The predicted molar refractivity (Wildman–Crippen MR) is 156 cm³/mol. The molecule has 0 unspecified atom stereocenters. The molecule has 0 saturated carbocycles. The number of hydrogen-bond acceptors (Lipinski definition) is 12. The van der Waals surface area contributed by atoms with Crippen molar-refractivity contribution in [2.75, 3.05) is 0 Å². The number of carboxylic acid groups (broad SMARTS) is 3. The van der Waals surface area contributed by atoms with Crippen molar-refractivity contribution in [1.29, 1.82) is 0 Å². The van der Waals surface area contributed by atoms with Crippen molar-refractivity contribution in [2.24, 2.45) is 0 Å². The molecule has 0 aliphatic carbocycles. The third-order valence-electron chi connectivity index (χ3n) is 5.98. The van der Waals surface area contributed by atoms with Crippen LogP contribution in [0.25, 0.3) is 0 Å². The van der Waals surface area contributed by atoms with E-state index in [2.05, 4.69) is 0 Å². The van der Waals surface area contributed by atoms with Crippen LogP contribution in [-0.4, -0.2) is 72.1 Å². The molecule has 21 heteroatoms.